The second-order valence-electron chi connectivity index (χ2n) is 4.96. The number of hydrogen-bond donors (Lipinski definition) is 1. The Morgan fingerprint density at radius 3 is 2.05 bits per heavy atom. The maximum absolute atomic E-state index is 11.1. The average molecular weight is 302 g/mol. The minimum absolute atomic E-state index is 0. The standard InChI is InChI=1S/C13H28O4S.Na/c1-3-5-6-7-10-13(18(15,16)17)11-8-9-12(14)4-2;/h12-14H,3-11H2,1-2H3,(H,15,16,17);/q;+1/p-1. The average Bonchev–Trinajstić information content (AvgIpc) is 2.30. The van der Waals surface area contributed by atoms with Gasteiger partial charge in [0.15, 0.2) is 0 Å². The molecule has 2 atom stereocenters. The van der Waals surface area contributed by atoms with Crippen LogP contribution >= 0.6 is 0 Å². The third-order valence-electron chi connectivity index (χ3n) is 3.32. The topological polar surface area (TPSA) is 77.4 Å². The summed E-state index contributed by atoms with van der Waals surface area (Å²) in [5, 5.41) is 8.63. The van der Waals surface area contributed by atoms with E-state index in [2.05, 4.69) is 6.92 Å². The van der Waals surface area contributed by atoms with Gasteiger partial charge in [0.1, 0.15) is 0 Å². The molecule has 1 N–H and O–H groups in total. The fourth-order valence-corrected chi connectivity index (χ4v) is 2.93. The van der Waals surface area contributed by atoms with Crippen LogP contribution in [0.15, 0.2) is 0 Å². The van der Waals surface area contributed by atoms with Crippen molar-refractivity contribution in [2.45, 2.75) is 83.0 Å². The fraction of sp³-hybridized carbons (Fsp3) is 1.00. The summed E-state index contributed by atoms with van der Waals surface area (Å²) in [7, 11) is -4.19. The first-order valence-electron chi connectivity index (χ1n) is 7.04. The van der Waals surface area contributed by atoms with Gasteiger partial charge in [-0.05, 0) is 32.1 Å². The molecule has 0 aliphatic carbocycles. The summed E-state index contributed by atoms with van der Waals surface area (Å²) in [6.45, 7) is 3.98. The third-order valence-corrected chi connectivity index (χ3v) is 4.61. The van der Waals surface area contributed by atoms with Crippen molar-refractivity contribution in [3.63, 3.8) is 0 Å². The predicted molar refractivity (Wildman–Crippen MR) is 72.4 cm³/mol. The Balaban J connectivity index is 0. The SMILES string of the molecule is CCCCCCC(CCCC(O)CC)S(=O)(=O)[O-].[Na+]. The fourth-order valence-electron chi connectivity index (χ4n) is 2.02. The van der Waals surface area contributed by atoms with Gasteiger partial charge in [0.05, 0.1) is 16.2 Å². The van der Waals surface area contributed by atoms with Gasteiger partial charge in [0.2, 0.25) is 0 Å². The Hall–Kier alpha value is 0.870. The Morgan fingerprint density at radius 1 is 1.00 bits per heavy atom. The summed E-state index contributed by atoms with van der Waals surface area (Å²) in [6, 6.07) is 0. The molecule has 0 saturated carbocycles. The van der Waals surface area contributed by atoms with E-state index in [1.165, 1.54) is 0 Å². The minimum atomic E-state index is -4.19. The van der Waals surface area contributed by atoms with E-state index in [4.69, 9.17) is 0 Å². The van der Waals surface area contributed by atoms with Gasteiger partial charge in [-0.15, -0.1) is 0 Å². The van der Waals surface area contributed by atoms with Crippen molar-refractivity contribution in [2.75, 3.05) is 0 Å². The van der Waals surface area contributed by atoms with E-state index in [1.807, 2.05) is 6.92 Å². The van der Waals surface area contributed by atoms with E-state index >= 15 is 0 Å². The van der Waals surface area contributed by atoms with Crippen molar-refractivity contribution in [3.05, 3.63) is 0 Å². The van der Waals surface area contributed by atoms with Gasteiger partial charge >= 0.3 is 29.6 Å². The molecule has 0 radical (unpaired) electrons. The number of aliphatic hydroxyl groups is 1. The first-order chi connectivity index (χ1) is 8.41. The molecule has 0 heterocycles. The summed E-state index contributed by atoms with van der Waals surface area (Å²) < 4.78 is 33.4. The molecular formula is C13H27NaO4S. The second-order valence-corrected chi connectivity index (χ2v) is 6.61. The number of rotatable bonds is 11. The molecule has 0 bridgehead atoms. The zero-order valence-corrected chi connectivity index (χ0v) is 15.4. The number of aliphatic hydroxyl groups excluding tert-OH is 1. The number of hydrogen-bond acceptors (Lipinski definition) is 4. The van der Waals surface area contributed by atoms with Gasteiger partial charge in [0.25, 0.3) is 0 Å². The molecule has 0 saturated heterocycles. The Kier molecular flexibility index (Phi) is 14.7. The van der Waals surface area contributed by atoms with Crippen LogP contribution in [0.5, 0.6) is 0 Å². The van der Waals surface area contributed by atoms with Crippen LogP contribution in [0.4, 0.5) is 0 Å². The Labute approximate surface area is 140 Å². The van der Waals surface area contributed by atoms with Crippen LogP contribution in [0.1, 0.15) is 71.6 Å². The molecule has 0 aliphatic heterocycles. The molecule has 4 nitrogen and oxygen atoms in total. The molecule has 0 aromatic rings. The smallest absolute Gasteiger partial charge is 0.748 e. The Bertz CT molecular complexity index is 293. The molecule has 0 rings (SSSR count). The van der Waals surface area contributed by atoms with Crippen LogP contribution in [0.2, 0.25) is 0 Å². The van der Waals surface area contributed by atoms with E-state index < -0.39 is 15.4 Å². The van der Waals surface area contributed by atoms with Crippen LogP contribution in [0.3, 0.4) is 0 Å². The van der Waals surface area contributed by atoms with E-state index in [-0.39, 0.29) is 35.7 Å². The predicted octanol–water partition coefficient (Wildman–Crippen LogP) is -0.184. The summed E-state index contributed by atoms with van der Waals surface area (Å²) in [5.41, 5.74) is 0. The first-order valence-corrected chi connectivity index (χ1v) is 8.51. The molecular weight excluding hydrogens is 275 g/mol. The van der Waals surface area contributed by atoms with E-state index in [0.29, 0.717) is 32.1 Å². The molecule has 0 aliphatic rings. The second kappa shape index (κ2) is 12.6. The summed E-state index contributed by atoms with van der Waals surface area (Å²) >= 11 is 0. The van der Waals surface area contributed by atoms with Gasteiger partial charge in [-0.25, -0.2) is 8.42 Å². The van der Waals surface area contributed by atoms with Crippen molar-refractivity contribution >= 4 is 10.1 Å². The maximum Gasteiger partial charge on any atom is 1.00 e. The summed E-state index contributed by atoms with van der Waals surface area (Å²) in [6.07, 6.45) is 6.30. The molecule has 110 valence electrons. The number of unbranched alkanes of at least 4 members (excludes halogenated alkanes) is 3. The molecule has 0 amide bonds. The molecule has 0 aromatic heterocycles. The molecule has 2 unspecified atom stereocenters. The van der Waals surface area contributed by atoms with Crippen molar-refractivity contribution in [3.8, 4) is 0 Å². The van der Waals surface area contributed by atoms with E-state index in [1.54, 1.807) is 0 Å². The van der Waals surface area contributed by atoms with Crippen LogP contribution in [-0.4, -0.2) is 29.4 Å². The van der Waals surface area contributed by atoms with Crippen LogP contribution in [0.25, 0.3) is 0 Å². The summed E-state index contributed by atoms with van der Waals surface area (Å²) in [5.74, 6) is 0. The molecule has 6 heteroatoms. The van der Waals surface area contributed by atoms with Crippen molar-refractivity contribution in [2.24, 2.45) is 0 Å². The van der Waals surface area contributed by atoms with Gasteiger partial charge in [0, 0.05) is 5.25 Å². The maximum atomic E-state index is 11.1. The summed E-state index contributed by atoms with van der Waals surface area (Å²) in [4.78, 5) is 0. The zero-order valence-electron chi connectivity index (χ0n) is 12.6. The van der Waals surface area contributed by atoms with Crippen LogP contribution in [0, 0.1) is 0 Å². The van der Waals surface area contributed by atoms with Crippen molar-refractivity contribution in [1.29, 1.82) is 0 Å². The monoisotopic (exact) mass is 302 g/mol. The normalized spacial score (nSPS) is 14.7. The van der Waals surface area contributed by atoms with Gasteiger partial charge in [-0.1, -0.05) is 39.5 Å². The van der Waals surface area contributed by atoms with Crippen LogP contribution < -0.4 is 29.6 Å². The molecule has 19 heavy (non-hydrogen) atoms. The first kappa shape index (κ1) is 22.2. The van der Waals surface area contributed by atoms with Gasteiger partial charge in [-0.2, -0.15) is 0 Å². The van der Waals surface area contributed by atoms with Crippen molar-refractivity contribution in [1.82, 2.24) is 0 Å². The molecule has 0 spiro atoms. The third kappa shape index (κ3) is 12.3. The molecule has 0 aromatic carbocycles. The van der Waals surface area contributed by atoms with E-state index in [9.17, 15) is 18.1 Å². The van der Waals surface area contributed by atoms with Gasteiger partial charge in [-0.3, -0.25) is 0 Å². The van der Waals surface area contributed by atoms with Gasteiger partial charge < -0.3 is 9.66 Å². The largest absolute Gasteiger partial charge is 1.00 e. The Morgan fingerprint density at radius 2 is 1.58 bits per heavy atom. The van der Waals surface area contributed by atoms with Crippen molar-refractivity contribution < 1.29 is 47.6 Å². The minimum Gasteiger partial charge on any atom is -0.748 e. The molecule has 0 fully saturated rings. The van der Waals surface area contributed by atoms with E-state index in [0.717, 1.165) is 25.7 Å². The quantitative estimate of drug-likeness (QED) is 0.326. The zero-order chi connectivity index (χ0) is 14.0. The van der Waals surface area contributed by atoms with Crippen LogP contribution in [-0.2, 0) is 10.1 Å².